The van der Waals surface area contributed by atoms with Crippen LogP contribution in [-0.4, -0.2) is 36.3 Å². The molecule has 0 aliphatic carbocycles. The minimum Gasteiger partial charge on any atom is -0.466 e. The number of hydrogen-bond acceptors (Lipinski definition) is 4. The van der Waals surface area contributed by atoms with E-state index in [4.69, 9.17) is 4.74 Å². The maximum Gasteiger partial charge on any atom is 0.312 e. The molecule has 1 fully saturated rings. The van der Waals surface area contributed by atoms with Gasteiger partial charge in [-0.1, -0.05) is 30.3 Å². The summed E-state index contributed by atoms with van der Waals surface area (Å²) in [6, 6.07) is 14.1. The number of halogens is 1. The number of hydrogen-bond donors (Lipinski definition) is 0. The lowest BCUT2D eigenvalue weighted by Gasteiger charge is -2.40. The molecule has 0 radical (unpaired) electrons. The van der Waals surface area contributed by atoms with E-state index < -0.39 is 5.41 Å². The summed E-state index contributed by atoms with van der Waals surface area (Å²) in [5, 5.41) is 0. The predicted molar refractivity (Wildman–Crippen MR) is 110 cm³/mol. The van der Waals surface area contributed by atoms with Crippen molar-refractivity contribution in [2.24, 2.45) is 5.41 Å². The average Bonchev–Trinajstić information content (AvgIpc) is 2.70. The van der Waals surface area contributed by atoms with Crippen molar-refractivity contribution < 1.29 is 18.7 Å². The molecule has 0 N–H and O–H groups in total. The minimum atomic E-state index is -0.623. The molecule has 154 valence electrons. The Morgan fingerprint density at radius 1 is 1.07 bits per heavy atom. The second-order valence-electron chi connectivity index (χ2n) is 7.84. The number of rotatable bonds is 7. The number of carbonyl (C=O) groups is 2. The van der Waals surface area contributed by atoms with E-state index in [1.807, 2.05) is 37.3 Å². The van der Waals surface area contributed by atoms with Crippen molar-refractivity contribution in [3.05, 3.63) is 71.0 Å². The minimum absolute atomic E-state index is 0.0573. The third-order valence-corrected chi connectivity index (χ3v) is 5.69. The Morgan fingerprint density at radius 3 is 2.41 bits per heavy atom. The van der Waals surface area contributed by atoms with Crippen LogP contribution in [0.15, 0.2) is 48.5 Å². The molecule has 2 aromatic rings. The Hall–Kier alpha value is -2.53. The Balaban J connectivity index is 1.71. The molecule has 0 atom stereocenters. The third kappa shape index (κ3) is 5.30. The first-order chi connectivity index (χ1) is 13.9. The van der Waals surface area contributed by atoms with Gasteiger partial charge in [0.25, 0.3) is 0 Å². The van der Waals surface area contributed by atoms with Crippen molar-refractivity contribution in [3.63, 3.8) is 0 Å². The standard InChI is InChI=1S/C24H28FNO3/c1-3-29-23(28)24(16-19-6-5-9-22(25)15-19)10-12-26(13-11-24)17-20-7-4-8-21(14-20)18(2)27/h4-9,14-15H,3,10-13,16-17H2,1-2H3. The Kier molecular flexibility index (Phi) is 6.80. The number of piperidine rings is 1. The largest absolute Gasteiger partial charge is 0.466 e. The second-order valence-corrected chi connectivity index (χ2v) is 7.84. The normalized spacial score (nSPS) is 16.4. The second kappa shape index (κ2) is 9.31. The van der Waals surface area contributed by atoms with Gasteiger partial charge in [-0.15, -0.1) is 0 Å². The van der Waals surface area contributed by atoms with E-state index in [0.29, 0.717) is 31.4 Å². The van der Waals surface area contributed by atoms with Crippen LogP contribution in [0.4, 0.5) is 4.39 Å². The van der Waals surface area contributed by atoms with Crippen LogP contribution in [0.3, 0.4) is 0 Å². The van der Waals surface area contributed by atoms with Crippen LogP contribution in [0.2, 0.25) is 0 Å². The summed E-state index contributed by atoms with van der Waals surface area (Å²) in [4.78, 5) is 26.7. The first-order valence-electron chi connectivity index (χ1n) is 10.2. The molecule has 1 heterocycles. The maximum absolute atomic E-state index is 13.6. The molecule has 0 spiro atoms. The lowest BCUT2D eigenvalue weighted by Crippen LogP contribution is -2.46. The zero-order valence-electron chi connectivity index (χ0n) is 17.1. The maximum atomic E-state index is 13.6. The molecule has 0 bridgehead atoms. The Labute approximate surface area is 171 Å². The molecule has 5 heteroatoms. The van der Waals surface area contributed by atoms with Crippen molar-refractivity contribution in [2.45, 2.75) is 39.7 Å². The van der Waals surface area contributed by atoms with Crippen LogP contribution in [0.1, 0.15) is 48.2 Å². The summed E-state index contributed by atoms with van der Waals surface area (Å²) < 4.78 is 19.0. The zero-order valence-corrected chi connectivity index (χ0v) is 17.1. The molecular formula is C24H28FNO3. The van der Waals surface area contributed by atoms with Gasteiger partial charge in [-0.05, 0) is 75.5 Å². The van der Waals surface area contributed by atoms with Crippen molar-refractivity contribution in [3.8, 4) is 0 Å². The summed E-state index contributed by atoms with van der Waals surface area (Å²) in [5.74, 6) is -0.422. The molecule has 0 unspecified atom stereocenters. The molecule has 0 amide bonds. The molecule has 29 heavy (non-hydrogen) atoms. The molecule has 2 aromatic carbocycles. The van der Waals surface area contributed by atoms with Gasteiger partial charge in [0.15, 0.2) is 5.78 Å². The smallest absolute Gasteiger partial charge is 0.312 e. The number of benzene rings is 2. The van der Waals surface area contributed by atoms with Gasteiger partial charge in [-0.25, -0.2) is 4.39 Å². The highest BCUT2D eigenvalue weighted by atomic mass is 19.1. The number of ketones is 1. The molecule has 0 aromatic heterocycles. The summed E-state index contributed by atoms with van der Waals surface area (Å²) in [7, 11) is 0. The molecule has 1 aliphatic rings. The van der Waals surface area contributed by atoms with Crippen molar-refractivity contribution in [1.29, 1.82) is 0 Å². The number of Topliss-reactive ketones (excluding diaryl/α,β-unsaturated/α-hetero) is 1. The van der Waals surface area contributed by atoms with Gasteiger partial charge >= 0.3 is 5.97 Å². The van der Waals surface area contributed by atoms with E-state index in [2.05, 4.69) is 4.90 Å². The number of nitrogens with zero attached hydrogens (tertiary/aromatic N) is 1. The number of ether oxygens (including phenoxy) is 1. The highest BCUT2D eigenvalue weighted by Gasteiger charge is 2.42. The van der Waals surface area contributed by atoms with Crippen LogP contribution in [0, 0.1) is 11.2 Å². The molecule has 0 saturated carbocycles. The van der Waals surface area contributed by atoms with E-state index in [9.17, 15) is 14.0 Å². The monoisotopic (exact) mass is 397 g/mol. The molecule has 4 nitrogen and oxygen atoms in total. The van der Waals surface area contributed by atoms with Gasteiger partial charge in [0, 0.05) is 12.1 Å². The fraction of sp³-hybridized carbons (Fsp3) is 0.417. The van der Waals surface area contributed by atoms with E-state index in [-0.39, 0.29) is 17.6 Å². The lowest BCUT2D eigenvalue weighted by atomic mass is 9.73. The van der Waals surface area contributed by atoms with Gasteiger partial charge in [0.05, 0.1) is 12.0 Å². The molecule has 1 aliphatic heterocycles. The van der Waals surface area contributed by atoms with Gasteiger partial charge in [0.1, 0.15) is 5.82 Å². The number of carbonyl (C=O) groups excluding carboxylic acids is 2. The van der Waals surface area contributed by atoms with Crippen LogP contribution >= 0.6 is 0 Å². The number of likely N-dealkylation sites (tertiary alicyclic amines) is 1. The van der Waals surface area contributed by atoms with E-state index in [1.165, 1.54) is 12.1 Å². The third-order valence-electron chi connectivity index (χ3n) is 5.69. The number of esters is 1. The predicted octanol–water partition coefficient (Wildman–Crippen LogP) is 4.42. The quantitative estimate of drug-likeness (QED) is 0.513. The average molecular weight is 397 g/mol. The highest BCUT2D eigenvalue weighted by Crippen LogP contribution is 2.37. The lowest BCUT2D eigenvalue weighted by molar-refractivity contribution is -0.158. The van der Waals surface area contributed by atoms with Gasteiger partial charge in [0.2, 0.25) is 0 Å². The van der Waals surface area contributed by atoms with E-state index in [0.717, 1.165) is 30.8 Å². The van der Waals surface area contributed by atoms with E-state index >= 15 is 0 Å². The van der Waals surface area contributed by atoms with E-state index in [1.54, 1.807) is 13.0 Å². The Bertz CT molecular complexity index is 872. The topological polar surface area (TPSA) is 46.6 Å². The summed E-state index contributed by atoms with van der Waals surface area (Å²) in [6.45, 7) is 5.95. The van der Waals surface area contributed by atoms with Gasteiger partial charge in [-0.2, -0.15) is 0 Å². The molecule has 1 saturated heterocycles. The summed E-state index contributed by atoms with van der Waals surface area (Å²) in [5.41, 5.74) is 2.00. The fourth-order valence-electron chi connectivity index (χ4n) is 4.06. The zero-order chi connectivity index (χ0) is 20.9. The first-order valence-corrected chi connectivity index (χ1v) is 10.2. The van der Waals surface area contributed by atoms with Gasteiger partial charge < -0.3 is 4.74 Å². The van der Waals surface area contributed by atoms with Gasteiger partial charge in [-0.3, -0.25) is 14.5 Å². The SMILES string of the molecule is CCOC(=O)C1(Cc2cccc(F)c2)CCN(Cc2cccc(C(C)=O)c2)CC1. The molecular weight excluding hydrogens is 369 g/mol. The Morgan fingerprint density at radius 2 is 1.76 bits per heavy atom. The first kappa shape index (κ1) is 21.2. The van der Waals surface area contributed by atoms with Crippen LogP contribution in [0.5, 0.6) is 0 Å². The summed E-state index contributed by atoms with van der Waals surface area (Å²) >= 11 is 0. The van der Waals surface area contributed by atoms with Crippen LogP contribution in [-0.2, 0) is 22.5 Å². The summed E-state index contributed by atoms with van der Waals surface area (Å²) in [6.07, 6.45) is 1.81. The highest BCUT2D eigenvalue weighted by molar-refractivity contribution is 5.94. The fourth-order valence-corrected chi connectivity index (χ4v) is 4.06. The van der Waals surface area contributed by atoms with Crippen molar-refractivity contribution in [1.82, 2.24) is 4.90 Å². The van der Waals surface area contributed by atoms with Crippen LogP contribution in [0.25, 0.3) is 0 Å². The van der Waals surface area contributed by atoms with Crippen molar-refractivity contribution >= 4 is 11.8 Å². The molecule has 3 rings (SSSR count). The van der Waals surface area contributed by atoms with Crippen LogP contribution < -0.4 is 0 Å². The van der Waals surface area contributed by atoms with Crippen molar-refractivity contribution in [2.75, 3.05) is 19.7 Å².